The SMILES string of the molecule is N[C@@H]1CC(F)(F)C[C@@]2(CCN(c3cccc(F)c3)C2=O)C1. The molecule has 1 aliphatic heterocycles. The van der Waals surface area contributed by atoms with Gasteiger partial charge in [0.2, 0.25) is 5.91 Å². The van der Waals surface area contributed by atoms with Crippen LogP contribution in [0.2, 0.25) is 0 Å². The van der Waals surface area contributed by atoms with Crippen LogP contribution >= 0.6 is 0 Å². The Labute approximate surface area is 120 Å². The normalized spacial score (nSPS) is 31.9. The van der Waals surface area contributed by atoms with Gasteiger partial charge in [-0.2, -0.15) is 0 Å². The Morgan fingerprint density at radius 1 is 1.29 bits per heavy atom. The number of carbonyl (C=O) groups is 1. The first-order valence-electron chi connectivity index (χ1n) is 7.02. The maximum Gasteiger partial charge on any atom is 0.250 e. The van der Waals surface area contributed by atoms with E-state index in [2.05, 4.69) is 0 Å². The summed E-state index contributed by atoms with van der Waals surface area (Å²) in [5, 5.41) is 0. The number of hydrogen-bond donors (Lipinski definition) is 1. The molecule has 2 atom stereocenters. The minimum atomic E-state index is -2.91. The molecule has 1 saturated heterocycles. The summed E-state index contributed by atoms with van der Waals surface area (Å²) in [6, 6.07) is 4.97. The van der Waals surface area contributed by atoms with Crippen LogP contribution in [0, 0.1) is 11.2 Å². The van der Waals surface area contributed by atoms with Crippen molar-refractivity contribution in [1.29, 1.82) is 0 Å². The zero-order valence-electron chi connectivity index (χ0n) is 11.5. The van der Waals surface area contributed by atoms with E-state index < -0.39 is 29.6 Å². The maximum absolute atomic E-state index is 13.8. The lowest BCUT2D eigenvalue weighted by Gasteiger charge is -2.39. The van der Waals surface area contributed by atoms with Crippen molar-refractivity contribution in [3.8, 4) is 0 Å². The summed E-state index contributed by atoms with van der Waals surface area (Å²) in [6.07, 6.45) is -0.223. The number of nitrogens with two attached hydrogens (primary N) is 1. The fourth-order valence-electron chi connectivity index (χ4n) is 3.66. The Bertz CT molecular complexity index is 578. The molecule has 1 aromatic carbocycles. The highest BCUT2D eigenvalue weighted by atomic mass is 19.3. The molecule has 114 valence electrons. The van der Waals surface area contributed by atoms with E-state index in [4.69, 9.17) is 5.73 Å². The molecule has 0 radical (unpaired) electrons. The van der Waals surface area contributed by atoms with Crippen molar-refractivity contribution >= 4 is 11.6 Å². The van der Waals surface area contributed by atoms with Crippen LogP contribution < -0.4 is 10.6 Å². The number of carbonyl (C=O) groups excluding carboxylic acids is 1. The number of alkyl halides is 2. The molecule has 0 bridgehead atoms. The van der Waals surface area contributed by atoms with Gasteiger partial charge in [-0.25, -0.2) is 13.2 Å². The third-order valence-electron chi connectivity index (χ3n) is 4.44. The molecule has 1 saturated carbocycles. The topological polar surface area (TPSA) is 46.3 Å². The van der Waals surface area contributed by atoms with Gasteiger partial charge in [0.15, 0.2) is 0 Å². The van der Waals surface area contributed by atoms with E-state index >= 15 is 0 Å². The zero-order valence-corrected chi connectivity index (χ0v) is 11.5. The molecule has 0 aromatic heterocycles. The van der Waals surface area contributed by atoms with E-state index in [1.807, 2.05) is 0 Å². The first kappa shape index (κ1) is 14.4. The minimum Gasteiger partial charge on any atom is -0.327 e. The van der Waals surface area contributed by atoms with E-state index in [1.165, 1.54) is 23.1 Å². The summed E-state index contributed by atoms with van der Waals surface area (Å²) < 4.78 is 40.9. The van der Waals surface area contributed by atoms with Crippen molar-refractivity contribution in [1.82, 2.24) is 0 Å². The van der Waals surface area contributed by atoms with Gasteiger partial charge in [-0.05, 0) is 31.0 Å². The Morgan fingerprint density at radius 3 is 2.71 bits per heavy atom. The van der Waals surface area contributed by atoms with Crippen LogP contribution in [0.1, 0.15) is 25.7 Å². The quantitative estimate of drug-likeness (QED) is 0.866. The molecule has 1 heterocycles. The lowest BCUT2D eigenvalue weighted by molar-refractivity contribution is -0.139. The lowest BCUT2D eigenvalue weighted by atomic mass is 9.69. The molecule has 1 amide bonds. The Balaban J connectivity index is 1.89. The summed E-state index contributed by atoms with van der Waals surface area (Å²) >= 11 is 0. The molecule has 0 unspecified atom stereocenters. The van der Waals surface area contributed by atoms with Crippen molar-refractivity contribution < 1.29 is 18.0 Å². The second-order valence-corrected chi connectivity index (χ2v) is 6.17. The van der Waals surface area contributed by atoms with Crippen LogP contribution in [0.4, 0.5) is 18.9 Å². The summed E-state index contributed by atoms with van der Waals surface area (Å²) in [5.41, 5.74) is 5.04. The number of hydrogen-bond acceptors (Lipinski definition) is 2. The molecule has 1 aromatic rings. The highest BCUT2D eigenvalue weighted by Gasteiger charge is 2.56. The van der Waals surface area contributed by atoms with E-state index in [9.17, 15) is 18.0 Å². The van der Waals surface area contributed by atoms with Crippen LogP contribution in [-0.4, -0.2) is 24.4 Å². The molecular formula is C15H17F3N2O. The number of nitrogens with zero attached hydrogens (tertiary/aromatic N) is 1. The first-order chi connectivity index (χ1) is 9.81. The fraction of sp³-hybridized carbons (Fsp3) is 0.533. The van der Waals surface area contributed by atoms with Gasteiger partial charge in [-0.15, -0.1) is 0 Å². The van der Waals surface area contributed by atoms with E-state index in [0.29, 0.717) is 18.7 Å². The van der Waals surface area contributed by atoms with E-state index in [-0.39, 0.29) is 18.7 Å². The predicted molar refractivity (Wildman–Crippen MR) is 72.6 cm³/mol. The summed E-state index contributed by atoms with van der Waals surface area (Å²) in [5.74, 6) is -3.72. The number of amides is 1. The third-order valence-corrected chi connectivity index (χ3v) is 4.44. The Hall–Kier alpha value is -1.56. The van der Waals surface area contributed by atoms with Gasteiger partial charge in [0.25, 0.3) is 5.92 Å². The first-order valence-corrected chi connectivity index (χ1v) is 7.02. The van der Waals surface area contributed by atoms with Crippen molar-refractivity contribution in [3.05, 3.63) is 30.1 Å². The van der Waals surface area contributed by atoms with E-state index in [1.54, 1.807) is 6.07 Å². The summed E-state index contributed by atoms with van der Waals surface area (Å²) in [4.78, 5) is 14.0. The second kappa shape index (κ2) is 4.73. The zero-order chi connectivity index (χ0) is 15.3. The molecule has 3 rings (SSSR count). The standard InChI is InChI=1S/C15H17F3N2O/c16-10-2-1-3-12(6-10)20-5-4-14(13(20)21)7-11(19)8-15(17,18)9-14/h1-3,6,11H,4-5,7-9,19H2/t11-,14+/m0/s1. The van der Waals surface area contributed by atoms with Gasteiger partial charge in [-0.3, -0.25) is 4.79 Å². The second-order valence-electron chi connectivity index (χ2n) is 6.17. The van der Waals surface area contributed by atoms with Crippen molar-refractivity contribution in [2.45, 2.75) is 37.6 Å². The number of rotatable bonds is 1. The molecule has 6 heteroatoms. The monoisotopic (exact) mass is 298 g/mol. The van der Waals surface area contributed by atoms with Crippen molar-refractivity contribution in [3.63, 3.8) is 0 Å². The number of anilines is 1. The molecule has 1 spiro atoms. The molecule has 2 N–H and O–H groups in total. The smallest absolute Gasteiger partial charge is 0.250 e. The maximum atomic E-state index is 13.8. The van der Waals surface area contributed by atoms with Gasteiger partial charge in [0.1, 0.15) is 5.82 Å². The molecule has 21 heavy (non-hydrogen) atoms. The highest BCUT2D eigenvalue weighted by molar-refractivity contribution is 6.00. The molecule has 2 fully saturated rings. The average Bonchev–Trinajstić information content (AvgIpc) is 2.64. The molecular weight excluding hydrogens is 281 g/mol. The van der Waals surface area contributed by atoms with Crippen molar-refractivity contribution in [2.75, 3.05) is 11.4 Å². The fourth-order valence-corrected chi connectivity index (χ4v) is 3.66. The van der Waals surface area contributed by atoms with Crippen LogP contribution in [-0.2, 0) is 4.79 Å². The van der Waals surface area contributed by atoms with Crippen molar-refractivity contribution in [2.24, 2.45) is 11.1 Å². The average molecular weight is 298 g/mol. The summed E-state index contributed by atoms with van der Waals surface area (Å²) in [6.45, 7) is 0.324. The van der Waals surface area contributed by atoms with Crippen LogP contribution in [0.25, 0.3) is 0 Å². The Kier molecular flexibility index (Phi) is 3.24. The van der Waals surface area contributed by atoms with Gasteiger partial charge in [0.05, 0.1) is 5.41 Å². The lowest BCUT2D eigenvalue weighted by Crippen LogP contribution is -2.49. The number of halogens is 3. The minimum absolute atomic E-state index is 0.271. The van der Waals surface area contributed by atoms with Crippen LogP contribution in [0.5, 0.6) is 0 Å². The third kappa shape index (κ3) is 2.52. The van der Waals surface area contributed by atoms with Gasteiger partial charge in [-0.1, -0.05) is 6.07 Å². The number of benzene rings is 1. The molecule has 2 aliphatic rings. The highest BCUT2D eigenvalue weighted by Crippen LogP contribution is 2.50. The van der Waals surface area contributed by atoms with E-state index in [0.717, 1.165) is 0 Å². The Morgan fingerprint density at radius 2 is 2.05 bits per heavy atom. The largest absolute Gasteiger partial charge is 0.327 e. The molecule has 1 aliphatic carbocycles. The van der Waals surface area contributed by atoms with Gasteiger partial charge < -0.3 is 10.6 Å². The van der Waals surface area contributed by atoms with Crippen LogP contribution in [0.15, 0.2) is 24.3 Å². The predicted octanol–water partition coefficient (Wildman–Crippen LogP) is 2.70. The van der Waals surface area contributed by atoms with Crippen LogP contribution in [0.3, 0.4) is 0 Å². The van der Waals surface area contributed by atoms with Gasteiger partial charge in [0, 0.05) is 31.1 Å². The molecule has 3 nitrogen and oxygen atoms in total. The summed E-state index contributed by atoms with van der Waals surface area (Å²) in [7, 11) is 0. The van der Waals surface area contributed by atoms with Gasteiger partial charge >= 0.3 is 0 Å².